The summed E-state index contributed by atoms with van der Waals surface area (Å²) in [6.45, 7) is 4.45. The smallest absolute Gasteiger partial charge is 0.462 e. The van der Waals surface area contributed by atoms with Gasteiger partial charge in [0.15, 0.2) is 12.2 Å². The van der Waals surface area contributed by atoms with Crippen LogP contribution in [0.1, 0.15) is 323 Å². The lowest BCUT2D eigenvalue weighted by Crippen LogP contribution is -2.30. The van der Waals surface area contributed by atoms with E-state index in [2.05, 4.69) is 198 Å². The molecule has 0 spiro atoms. The van der Waals surface area contributed by atoms with Crippen molar-refractivity contribution in [2.45, 2.75) is 341 Å². The molecule has 110 heavy (non-hydrogen) atoms. The van der Waals surface area contributed by atoms with Gasteiger partial charge in [0.25, 0.3) is 0 Å². The summed E-state index contributed by atoms with van der Waals surface area (Å²) in [4.78, 5) is 73.3. The highest BCUT2D eigenvalue weighted by atomic mass is 31.2. The Morgan fingerprint density at radius 2 is 0.473 bits per heavy atom. The van der Waals surface area contributed by atoms with Gasteiger partial charge >= 0.3 is 39.5 Å². The molecule has 0 radical (unpaired) electrons. The molecule has 0 bridgehead atoms. The Kier molecular flexibility index (Phi) is 77.3. The number of aliphatic hydroxyl groups excluding tert-OH is 1. The second-order valence-electron chi connectivity index (χ2n) is 27.6. The van der Waals surface area contributed by atoms with Crippen LogP contribution >= 0.6 is 15.6 Å². The first-order valence-corrected chi connectivity index (χ1v) is 45.4. The van der Waals surface area contributed by atoms with Crippen LogP contribution in [0.3, 0.4) is 0 Å². The fourth-order valence-corrected chi connectivity index (χ4v) is 12.4. The number of esters is 4. The van der Waals surface area contributed by atoms with Crippen molar-refractivity contribution in [2.24, 2.45) is 0 Å². The molecular weight excluding hydrogens is 1430 g/mol. The molecule has 0 aromatic heterocycles. The first-order valence-electron chi connectivity index (χ1n) is 42.4. The first kappa shape index (κ1) is 104. The highest BCUT2D eigenvalue weighted by Crippen LogP contribution is 2.45. The number of unbranched alkanes of at least 4 members (excludes halogenated alkanes) is 24. The summed E-state index contributed by atoms with van der Waals surface area (Å²) in [6.07, 6.45) is 97.4. The Morgan fingerprint density at radius 3 is 0.727 bits per heavy atom. The standard InChI is InChI=1S/C91H150O17P2/c1-5-9-13-17-21-25-29-33-37-41-42-46-48-52-56-60-64-68-72-76-89(94)102-82-87(108-91(96)78-74-70-66-62-58-54-50-45-40-36-32-28-24-20-16-12-8-4)84-106-110(99,100)104-80-85(92)79-103-109(97,98)105-83-86(107-90(95)77-73-69-65-61-57-53-49-44-39-35-31-27-23-19-15-11-7-3)81-101-88(93)75-71-67-63-59-55-51-47-43-38-34-30-26-22-18-14-10-6-2/h10-12,14-16,21-28,33-40,42,46-47,50-51,54,85-87,92H,5-9,13,17-20,29-32,41,43-45,48-49,52-53,55-84H2,1-4H3,(H,97,98)(H,99,100)/b14-10-,15-11-,16-12-,25-21-,26-22-,27-23-,28-24-,37-33-,38-34-,39-35-,40-36-,46-42-,51-47-,54-50-. The zero-order chi connectivity index (χ0) is 80.3. The number of carbonyl (C=O) groups is 4. The third-order valence-corrected chi connectivity index (χ3v) is 19.1. The summed E-state index contributed by atoms with van der Waals surface area (Å²) in [5.74, 6) is -2.26. The van der Waals surface area contributed by atoms with Crippen LogP contribution < -0.4 is 0 Å². The Morgan fingerprint density at radius 1 is 0.264 bits per heavy atom. The lowest BCUT2D eigenvalue weighted by atomic mass is 10.1. The Bertz CT molecular complexity index is 2750. The highest BCUT2D eigenvalue weighted by molar-refractivity contribution is 7.47. The number of phosphoric acid groups is 2. The predicted molar refractivity (Wildman–Crippen MR) is 454 cm³/mol. The van der Waals surface area contributed by atoms with Crippen molar-refractivity contribution in [1.82, 2.24) is 0 Å². The molecule has 0 heterocycles. The van der Waals surface area contributed by atoms with Gasteiger partial charge in [-0.3, -0.25) is 37.3 Å². The van der Waals surface area contributed by atoms with E-state index in [1.807, 2.05) is 0 Å². The van der Waals surface area contributed by atoms with Gasteiger partial charge in [-0.15, -0.1) is 0 Å². The summed E-state index contributed by atoms with van der Waals surface area (Å²) >= 11 is 0. The van der Waals surface area contributed by atoms with Crippen LogP contribution in [0, 0.1) is 0 Å². The molecule has 0 rings (SSSR count). The molecule has 0 aliphatic heterocycles. The van der Waals surface area contributed by atoms with Gasteiger partial charge in [0.2, 0.25) is 0 Å². The quantitative estimate of drug-likeness (QED) is 0.0169. The summed E-state index contributed by atoms with van der Waals surface area (Å²) in [6, 6.07) is 0. The minimum atomic E-state index is -5.00. The highest BCUT2D eigenvalue weighted by Gasteiger charge is 2.30. The fourth-order valence-electron chi connectivity index (χ4n) is 10.8. The Balaban J connectivity index is 5.46. The largest absolute Gasteiger partial charge is 0.472 e. The number of carbonyl (C=O) groups excluding carboxylic acids is 4. The molecule has 17 nitrogen and oxygen atoms in total. The van der Waals surface area contributed by atoms with Crippen LogP contribution in [0.25, 0.3) is 0 Å². The van der Waals surface area contributed by atoms with Crippen molar-refractivity contribution < 1.29 is 80.2 Å². The molecule has 0 aromatic rings. The monoisotopic (exact) mass is 1580 g/mol. The fraction of sp³-hybridized carbons (Fsp3) is 0.648. The van der Waals surface area contributed by atoms with Crippen LogP contribution in [-0.4, -0.2) is 96.7 Å². The zero-order valence-electron chi connectivity index (χ0n) is 68.6. The van der Waals surface area contributed by atoms with E-state index in [-0.39, 0.29) is 25.7 Å². The molecule has 5 unspecified atom stereocenters. The van der Waals surface area contributed by atoms with E-state index in [0.29, 0.717) is 25.7 Å². The van der Waals surface area contributed by atoms with E-state index in [1.54, 1.807) is 0 Å². The van der Waals surface area contributed by atoms with Gasteiger partial charge in [-0.25, -0.2) is 9.13 Å². The Hall–Kier alpha value is -5.58. The van der Waals surface area contributed by atoms with E-state index in [1.165, 1.54) is 19.3 Å². The molecule has 5 atom stereocenters. The summed E-state index contributed by atoms with van der Waals surface area (Å²) in [7, 11) is -10.0. The van der Waals surface area contributed by atoms with Crippen LogP contribution in [0.2, 0.25) is 0 Å². The van der Waals surface area contributed by atoms with Gasteiger partial charge in [-0.05, 0) is 173 Å². The SMILES string of the molecule is CC/C=C\C/C=C\C/C=C\C/C=C\CCCCCCC(=O)OCC(COP(=O)(O)OCC(O)COP(=O)(O)OCC(COC(=O)CCCCCCCC/C=C\C/C=C\C/C=C\CCCCC)OC(=O)CCCCCC/C=C\C/C=C\C/C=C\C/C=C\CC)OC(=O)CCCCCCCCC/C=C\C/C=C\C/C=C\CC. The maximum Gasteiger partial charge on any atom is 0.472 e. The van der Waals surface area contributed by atoms with Crippen molar-refractivity contribution in [2.75, 3.05) is 39.6 Å². The molecule has 0 saturated carbocycles. The number of allylic oxidation sites excluding steroid dienone is 28. The molecular formula is C91H150O17P2. The van der Waals surface area contributed by atoms with Crippen LogP contribution in [0.5, 0.6) is 0 Å². The molecule has 626 valence electrons. The number of hydrogen-bond donors (Lipinski definition) is 3. The third-order valence-electron chi connectivity index (χ3n) is 17.2. The minimum absolute atomic E-state index is 0.0579. The Labute approximate surface area is 667 Å². The molecule has 19 heteroatoms. The number of rotatable bonds is 78. The van der Waals surface area contributed by atoms with Crippen molar-refractivity contribution in [3.8, 4) is 0 Å². The summed E-state index contributed by atoms with van der Waals surface area (Å²) in [5.41, 5.74) is 0. The number of aliphatic hydroxyl groups is 1. The van der Waals surface area contributed by atoms with Crippen molar-refractivity contribution in [1.29, 1.82) is 0 Å². The molecule has 0 aliphatic carbocycles. The maximum atomic E-state index is 13.1. The third kappa shape index (κ3) is 80.5. The average molecular weight is 1580 g/mol. The van der Waals surface area contributed by atoms with E-state index < -0.39 is 97.5 Å². The molecule has 0 amide bonds. The summed E-state index contributed by atoms with van der Waals surface area (Å²) in [5, 5.41) is 10.7. The second-order valence-corrected chi connectivity index (χ2v) is 30.5. The minimum Gasteiger partial charge on any atom is -0.462 e. The predicted octanol–water partition coefficient (Wildman–Crippen LogP) is 25.3. The van der Waals surface area contributed by atoms with Crippen molar-refractivity contribution in [3.05, 3.63) is 170 Å². The zero-order valence-corrected chi connectivity index (χ0v) is 70.4. The second kappa shape index (κ2) is 81.4. The molecule has 0 aliphatic rings. The molecule has 0 aromatic carbocycles. The van der Waals surface area contributed by atoms with Gasteiger partial charge < -0.3 is 33.8 Å². The lowest BCUT2D eigenvalue weighted by Gasteiger charge is -2.21. The van der Waals surface area contributed by atoms with Gasteiger partial charge in [0.1, 0.15) is 19.3 Å². The average Bonchev–Trinajstić information content (AvgIpc) is 0.904. The number of phosphoric ester groups is 2. The van der Waals surface area contributed by atoms with Gasteiger partial charge in [0, 0.05) is 25.7 Å². The van der Waals surface area contributed by atoms with E-state index >= 15 is 0 Å². The number of ether oxygens (including phenoxy) is 4. The van der Waals surface area contributed by atoms with Crippen LogP contribution in [-0.2, 0) is 65.4 Å². The van der Waals surface area contributed by atoms with E-state index in [4.69, 9.17) is 37.0 Å². The normalized spacial score (nSPS) is 14.6. The first-order chi connectivity index (χ1) is 53.7. The molecule has 0 fully saturated rings. The number of hydrogen-bond acceptors (Lipinski definition) is 15. The topological polar surface area (TPSA) is 237 Å². The van der Waals surface area contributed by atoms with Crippen LogP contribution in [0.15, 0.2) is 170 Å². The van der Waals surface area contributed by atoms with E-state index in [0.717, 1.165) is 225 Å². The van der Waals surface area contributed by atoms with E-state index in [9.17, 15) is 43.2 Å². The van der Waals surface area contributed by atoms with Gasteiger partial charge in [-0.1, -0.05) is 294 Å². The molecule has 0 saturated heterocycles. The van der Waals surface area contributed by atoms with Gasteiger partial charge in [-0.2, -0.15) is 0 Å². The maximum absolute atomic E-state index is 13.1. The van der Waals surface area contributed by atoms with Crippen molar-refractivity contribution in [3.63, 3.8) is 0 Å². The van der Waals surface area contributed by atoms with Gasteiger partial charge in [0.05, 0.1) is 26.4 Å². The lowest BCUT2D eigenvalue weighted by molar-refractivity contribution is -0.161. The van der Waals surface area contributed by atoms with Crippen molar-refractivity contribution >= 4 is 39.5 Å². The summed E-state index contributed by atoms with van der Waals surface area (Å²) < 4.78 is 68.8. The van der Waals surface area contributed by atoms with Crippen LogP contribution in [0.4, 0.5) is 0 Å². The molecule has 3 N–H and O–H groups in total.